The molecule has 1 aliphatic rings. The van der Waals surface area contributed by atoms with Gasteiger partial charge < -0.3 is 15.5 Å². The Morgan fingerprint density at radius 3 is 2.80 bits per heavy atom. The van der Waals surface area contributed by atoms with Gasteiger partial charge in [-0.3, -0.25) is 0 Å². The second-order valence-corrected chi connectivity index (χ2v) is 5.41. The van der Waals surface area contributed by atoms with E-state index in [2.05, 4.69) is 32.4 Å². The predicted molar refractivity (Wildman–Crippen MR) is 79.5 cm³/mol. The van der Waals surface area contributed by atoms with Crippen molar-refractivity contribution < 1.29 is 4.39 Å². The highest BCUT2D eigenvalue weighted by atomic mass is 19.1. The number of nitrogens with zero attached hydrogens (tertiary/aromatic N) is 3. The van der Waals surface area contributed by atoms with Crippen LogP contribution in [0.15, 0.2) is 6.20 Å². The van der Waals surface area contributed by atoms with Crippen LogP contribution in [0.3, 0.4) is 0 Å². The average molecular weight is 281 g/mol. The van der Waals surface area contributed by atoms with E-state index in [9.17, 15) is 4.39 Å². The number of halogens is 1. The Morgan fingerprint density at radius 1 is 1.35 bits per heavy atom. The minimum atomic E-state index is -0.403. The number of anilines is 2. The van der Waals surface area contributed by atoms with Crippen LogP contribution >= 0.6 is 0 Å². The summed E-state index contributed by atoms with van der Waals surface area (Å²) in [6, 6.07) is 0. The van der Waals surface area contributed by atoms with Crippen molar-refractivity contribution in [2.24, 2.45) is 5.92 Å². The smallest absolute Gasteiger partial charge is 0.224 e. The van der Waals surface area contributed by atoms with E-state index >= 15 is 0 Å². The fourth-order valence-corrected chi connectivity index (χ4v) is 2.48. The van der Waals surface area contributed by atoms with Crippen LogP contribution in [0, 0.1) is 11.7 Å². The van der Waals surface area contributed by atoms with Gasteiger partial charge in [0, 0.05) is 19.6 Å². The minimum absolute atomic E-state index is 0.282. The third-order valence-corrected chi connectivity index (χ3v) is 3.47. The molecule has 0 aromatic carbocycles. The first-order chi connectivity index (χ1) is 9.69. The quantitative estimate of drug-likeness (QED) is 0.802. The lowest BCUT2D eigenvalue weighted by Gasteiger charge is -2.20. The Bertz CT molecular complexity index is 420. The van der Waals surface area contributed by atoms with Gasteiger partial charge in [-0.15, -0.1) is 0 Å². The molecule has 112 valence electrons. The number of hydrogen-bond acceptors (Lipinski definition) is 5. The van der Waals surface area contributed by atoms with E-state index in [1.807, 2.05) is 6.92 Å². The molecule has 1 saturated heterocycles. The van der Waals surface area contributed by atoms with Gasteiger partial charge in [0.2, 0.25) is 5.95 Å². The lowest BCUT2D eigenvalue weighted by atomic mass is 10.1. The van der Waals surface area contributed by atoms with Crippen molar-refractivity contribution in [2.75, 3.05) is 43.4 Å². The molecule has 2 N–H and O–H groups in total. The summed E-state index contributed by atoms with van der Waals surface area (Å²) in [6.07, 6.45) is 3.80. The number of rotatable bonds is 7. The fraction of sp³-hybridized carbons (Fsp3) is 0.714. The summed E-state index contributed by atoms with van der Waals surface area (Å²) in [5.74, 6) is 0.804. The second kappa shape index (κ2) is 7.38. The molecule has 5 nitrogen and oxygen atoms in total. The highest BCUT2D eigenvalue weighted by Crippen LogP contribution is 2.14. The summed E-state index contributed by atoms with van der Waals surface area (Å²) in [5.41, 5.74) is 0. The van der Waals surface area contributed by atoms with Gasteiger partial charge >= 0.3 is 0 Å². The summed E-state index contributed by atoms with van der Waals surface area (Å²) in [6.45, 7) is 9.01. The SMILES string of the molecule is CCNc1ncc(F)c(NCC(C)CN2CCCC2)n1. The molecule has 1 aliphatic heterocycles. The van der Waals surface area contributed by atoms with Crippen LogP contribution < -0.4 is 10.6 Å². The van der Waals surface area contributed by atoms with Crippen molar-refractivity contribution in [2.45, 2.75) is 26.7 Å². The third-order valence-electron chi connectivity index (χ3n) is 3.47. The minimum Gasteiger partial charge on any atom is -0.367 e. The maximum atomic E-state index is 13.6. The van der Waals surface area contributed by atoms with Gasteiger partial charge in [0.15, 0.2) is 11.6 Å². The molecule has 2 rings (SSSR count). The van der Waals surface area contributed by atoms with Crippen LogP contribution in [0.25, 0.3) is 0 Å². The molecule has 0 amide bonds. The van der Waals surface area contributed by atoms with E-state index in [1.54, 1.807) is 0 Å². The Kier molecular flexibility index (Phi) is 5.52. The van der Waals surface area contributed by atoms with E-state index in [0.29, 0.717) is 11.9 Å². The first kappa shape index (κ1) is 15.0. The number of nitrogens with one attached hydrogen (secondary N) is 2. The second-order valence-electron chi connectivity index (χ2n) is 5.41. The number of aromatic nitrogens is 2. The zero-order chi connectivity index (χ0) is 14.4. The van der Waals surface area contributed by atoms with Crippen molar-refractivity contribution in [3.05, 3.63) is 12.0 Å². The van der Waals surface area contributed by atoms with E-state index < -0.39 is 5.82 Å². The van der Waals surface area contributed by atoms with Crippen LogP contribution in [0.5, 0.6) is 0 Å². The molecule has 1 unspecified atom stereocenters. The molecular formula is C14H24FN5. The Balaban J connectivity index is 1.84. The average Bonchev–Trinajstić information content (AvgIpc) is 2.92. The van der Waals surface area contributed by atoms with Crippen LogP contribution in [0.4, 0.5) is 16.2 Å². The molecule has 0 saturated carbocycles. The van der Waals surface area contributed by atoms with Crippen LogP contribution in [-0.4, -0.2) is 47.6 Å². The number of hydrogen-bond donors (Lipinski definition) is 2. The summed E-state index contributed by atoms with van der Waals surface area (Å²) in [7, 11) is 0. The van der Waals surface area contributed by atoms with Crippen molar-refractivity contribution in [1.82, 2.24) is 14.9 Å². The Morgan fingerprint density at radius 2 is 2.10 bits per heavy atom. The highest BCUT2D eigenvalue weighted by Gasteiger charge is 2.15. The summed E-state index contributed by atoms with van der Waals surface area (Å²) < 4.78 is 13.6. The molecule has 1 aromatic rings. The van der Waals surface area contributed by atoms with Gasteiger partial charge in [-0.05, 0) is 38.8 Å². The molecule has 0 spiro atoms. The van der Waals surface area contributed by atoms with Crippen molar-refractivity contribution in [3.63, 3.8) is 0 Å². The zero-order valence-corrected chi connectivity index (χ0v) is 12.3. The van der Waals surface area contributed by atoms with Crippen LogP contribution in [0.2, 0.25) is 0 Å². The van der Waals surface area contributed by atoms with Gasteiger partial charge in [0.1, 0.15) is 0 Å². The topological polar surface area (TPSA) is 53.1 Å². The Hall–Kier alpha value is -1.43. The van der Waals surface area contributed by atoms with E-state index in [0.717, 1.165) is 19.6 Å². The maximum absolute atomic E-state index is 13.6. The van der Waals surface area contributed by atoms with Crippen LogP contribution in [-0.2, 0) is 0 Å². The lowest BCUT2D eigenvalue weighted by Crippen LogP contribution is -2.29. The summed E-state index contributed by atoms with van der Waals surface area (Å²) >= 11 is 0. The molecule has 6 heteroatoms. The van der Waals surface area contributed by atoms with Crippen molar-refractivity contribution in [1.29, 1.82) is 0 Å². The van der Waals surface area contributed by atoms with Gasteiger partial charge in [0.25, 0.3) is 0 Å². The van der Waals surface area contributed by atoms with Crippen molar-refractivity contribution >= 4 is 11.8 Å². The van der Waals surface area contributed by atoms with Crippen LogP contribution in [0.1, 0.15) is 26.7 Å². The van der Waals surface area contributed by atoms with Gasteiger partial charge in [-0.1, -0.05) is 6.92 Å². The predicted octanol–water partition coefficient (Wildman–Crippen LogP) is 2.19. The molecule has 20 heavy (non-hydrogen) atoms. The standard InChI is InChI=1S/C14H24FN5/c1-3-16-14-18-9-12(15)13(19-14)17-8-11(2)10-20-6-4-5-7-20/h9,11H,3-8,10H2,1-2H3,(H2,16,17,18,19). The molecule has 1 aromatic heterocycles. The van der Waals surface area contributed by atoms with Gasteiger partial charge in [-0.2, -0.15) is 4.98 Å². The normalized spacial score (nSPS) is 17.1. The molecule has 1 atom stereocenters. The largest absolute Gasteiger partial charge is 0.367 e. The van der Waals surface area contributed by atoms with Gasteiger partial charge in [0.05, 0.1) is 6.20 Å². The Labute approximate surface area is 120 Å². The maximum Gasteiger partial charge on any atom is 0.224 e. The molecule has 2 heterocycles. The van der Waals surface area contributed by atoms with Crippen molar-refractivity contribution in [3.8, 4) is 0 Å². The molecule has 0 radical (unpaired) electrons. The fourth-order valence-electron chi connectivity index (χ4n) is 2.48. The molecular weight excluding hydrogens is 257 g/mol. The molecule has 1 fully saturated rings. The van der Waals surface area contributed by atoms with E-state index in [4.69, 9.17) is 0 Å². The monoisotopic (exact) mass is 281 g/mol. The highest BCUT2D eigenvalue weighted by molar-refractivity contribution is 5.40. The first-order valence-corrected chi connectivity index (χ1v) is 7.41. The first-order valence-electron chi connectivity index (χ1n) is 7.41. The van der Waals surface area contributed by atoms with Gasteiger partial charge in [-0.25, -0.2) is 9.37 Å². The summed E-state index contributed by atoms with van der Waals surface area (Å²) in [4.78, 5) is 10.5. The molecule has 0 bridgehead atoms. The lowest BCUT2D eigenvalue weighted by molar-refractivity contribution is 0.294. The molecule has 0 aliphatic carbocycles. The van der Waals surface area contributed by atoms with E-state index in [-0.39, 0.29) is 5.82 Å². The zero-order valence-electron chi connectivity index (χ0n) is 12.3. The summed E-state index contributed by atoms with van der Waals surface area (Å²) in [5, 5.41) is 6.08. The van der Waals surface area contributed by atoms with E-state index in [1.165, 1.54) is 32.1 Å². The third kappa shape index (κ3) is 4.30. The number of likely N-dealkylation sites (tertiary alicyclic amines) is 1.